The molecule has 8 nitrogen and oxygen atoms in total. The van der Waals surface area contributed by atoms with E-state index in [0.29, 0.717) is 30.6 Å². The smallest absolute Gasteiger partial charge is 0.277 e. The first kappa shape index (κ1) is 16.2. The quantitative estimate of drug-likeness (QED) is 0.754. The summed E-state index contributed by atoms with van der Waals surface area (Å²) in [5.74, 6) is -0.114. The largest absolute Gasteiger partial charge is 0.384 e. The van der Waals surface area contributed by atoms with Gasteiger partial charge in [-0.2, -0.15) is 0 Å². The number of nitrogens with two attached hydrogens (primary N) is 1. The summed E-state index contributed by atoms with van der Waals surface area (Å²) < 4.78 is 15.3. The fraction of sp³-hybridized carbons (Fsp3) is 0.294. The first-order valence-corrected chi connectivity index (χ1v) is 8.21. The third-order valence-corrected chi connectivity index (χ3v) is 4.66. The molecule has 2 aromatic rings. The first-order valence-electron chi connectivity index (χ1n) is 8.21. The Morgan fingerprint density at radius 1 is 1.35 bits per heavy atom. The number of anilines is 3. The van der Waals surface area contributed by atoms with Gasteiger partial charge in [-0.25, -0.2) is 14.4 Å². The van der Waals surface area contributed by atoms with Crippen molar-refractivity contribution in [2.24, 2.45) is 0 Å². The molecule has 0 saturated carbocycles. The van der Waals surface area contributed by atoms with Crippen LogP contribution in [-0.2, 0) is 5.66 Å². The normalized spacial score (nSPS) is 21.3. The number of nitrogen functional groups attached to an aromatic ring is 1. The number of allylic oxidation sites excluding steroid dienone is 1. The van der Waals surface area contributed by atoms with Gasteiger partial charge in [-0.05, 0) is 43.9 Å². The predicted molar refractivity (Wildman–Crippen MR) is 93.6 cm³/mol. The molecule has 1 aliphatic carbocycles. The van der Waals surface area contributed by atoms with E-state index >= 15 is 0 Å². The van der Waals surface area contributed by atoms with E-state index in [1.807, 2.05) is 0 Å². The van der Waals surface area contributed by atoms with Gasteiger partial charge in [0.05, 0.1) is 0 Å². The highest BCUT2D eigenvalue weighted by Gasteiger charge is 2.44. The number of amides is 1. The lowest BCUT2D eigenvalue weighted by Gasteiger charge is -2.31. The Kier molecular flexibility index (Phi) is 3.53. The third kappa shape index (κ3) is 2.43. The molecule has 1 spiro atoms. The maximum atomic E-state index is 14.0. The Morgan fingerprint density at radius 2 is 2.15 bits per heavy atom. The van der Waals surface area contributed by atoms with Crippen molar-refractivity contribution in [3.8, 4) is 0 Å². The van der Waals surface area contributed by atoms with Crippen molar-refractivity contribution in [2.75, 3.05) is 11.1 Å². The zero-order valence-electron chi connectivity index (χ0n) is 14.0. The maximum absolute atomic E-state index is 14.0. The number of hydrogen-bond acceptors (Lipinski definition) is 6. The average Bonchev–Trinajstić information content (AvgIpc) is 2.84. The van der Waals surface area contributed by atoms with Gasteiger partial charge in [0.1, 0.15) is 40.8 Å². The molecule has 0 radical (unpaired) electrons. The molecule has 2 aliphatic rings. The molecule has 4 N–H and O–H groups in total. The van der Waals surface area contributed by atoms with Gasteiger partial charge in [-0.15, -0.1) is 0 Å². The van der Waals surface area contributed by atoms with Crippen LogP contribution in [0.4, 0.5) is 21.7 Å². The Hall–Kier alpha value is -3.23. The average molecular weight is 356 g/mol. The molecule has 2 aromatic heterocycles. The number of rotatable bonds is 2. The summed E-state index contributed by atoms with van der Waals surface area (Å²) in [6.07, 6.45) is 3.90. The third-order valence-electron chi connectivity index (χ3n) is 4.66. The van der Waals surface area contributed by atoms with Crippen LogP contribution in [-0.4, -0.2) is 20.4 Å². The van der Waals surface area contributed by atoms with E-state index in [0.717, 1.165) is 0 Å². The molecule has 4 rings (SSSR count). The number of nitrogens with one attached hydrogen (secondary N) is 2. The molecule has 0 aromatic carbocycles. The number of carbonyl (C=O) groups excluding carboxylic acids is 1. The van der Waals surface area contributed by atoms with Crippen LogP contribution >= 0.6 is 0 Å². The monoisotopic (exact) mass is 356 g/mol. The highest BCUT2D eigenvalue weighted by atomic mass is 19.1. The maximum Gasteiger partial charge on any atom is 0.277 e. The molecule has 0 bridgehead atoms. The Bertz CT molecular complexity index is 1010. The molecule has 134 valence electrons. The van der Waals surface area contributed by atoms with Crippen molar-refractivity contribution < 1.29 is 9.18 Å². The summed E-state index contributed by atoms with van der Waals surface area (Å²) in [5, 5.41) is 5.69. The SMILES string of the molecule is Cc1cc(Nc2cc(N)ncn2)c(=O)n2c1C(=O)NC21C=C(F)CCC1. The molecule has 1 unspecified atom stereocenters. The number of hydrogen-bond donors (Lipinski definition) is 3. The minimum atomic E-state index is -1.17. The van der Waals surface area contributed by atoms with E-state index in [9.17, 15) is 14.0 Å². The van der Waals surface area contributed by atoms with E-state index in [2.05, 4.69) is 20.6 Å². The highest BCUT2D eigenvalue weighted by Crippen LogP contribution is 2.36. The lowest BCUT2D eigenvalue weighted by atomic mass is 9.95. The summed E-state index contributed by atoms with van der Waals surface area (Å²) in [7, 11) is 0. The summed E-state index contributed by atoms with van der Waals surface area (Å²) >= 11 is 0. The topological polar surface area (TPSA) is 115 Å². The molecular weight excluding hydrogens is 339 g/mol. The first-order chi connectivity index (χ1) is 12.4. The van der Waals surface area contributed by atoms with E-state index in [-0.39, 0.29) is 28.9 Å². The second-order valence-corrected chi connectivity index (χ2v) is 6.51. The van der Waals surface area contributed by atoms with Crippen LogP contribution in [0.1, 0.15) is 35.3 Å². The molecule has 1 aliphatic heterocycles. The molecule has 1 amide bonds. The summed E-state index contributed by atoms with van der Waals surface area (Å²) in [6, 6.07) is 3.07. The lowest BCUT2D eigenvalue weighted by molar-refractivity contribution is 0.0930. The lowest BCUT2D eigenvalue weighted by Crippen LogP contribution is -2.47. The van der Waals surface area contributed by atoms with Gasteiger partial charge in [-0.3, -0.25) is 14.2 Å². The van der Waals surface area contributed by atoms with Crippen LogP contribution in [0.15, 0.2) is 35.2 Å². The van der Waals surface area contributed by atoms with Gasteiger partial charge >= 0.3 is 0 Å². The molecule has 9 heteroatoms. The van der Waals surface area contributed by atoms with Crippen molar-refractivity contribution in [1.29, 1.82) is 0 Å². The highest BCUT2D eigenvalue weighted by molar-refractivity contribution is 5.97. The molecular formula is C17H17FN6O2. The standard InChI is InChI=1S/C17H17FN6O2/c1-9-5-11(22-13-6-12(19)20-8-21-13)16(26)24-14(9)15(25)23-17(24)4-2-3-10(18)7-17/h5-8H,2-4H2,1H3,(H,23,25)(H3,19,20,21,22). The van der Waals surface area contributed by atoms with Gasteiger partial charge in [0.25, 0.3) is 11.5 Å². The van der Waals surface area contributed by atoms with Crippen molar-refractivity contribution >= 4 is 23.2 Å². The van der Waals surface area contributed by atoms with Crippen LogP contribution in [0.5, 0.6) is 0 Å². The fourth-order valence-electron chi connectivity index (χ4n) is 3.59. The predicted octanol–water partition coefficient (Wildman–Crippen LogP) is 1.71. The molecule has 26 heavy (non-hydrogen) atoms. The van der Waals surface area contributed by atoms with Crippen molar-refractivity contribution in [1.82, 2.24) is 19.9 Å². The number of carbonyl (C=O) groups is 1. The number of aromatic nitrogens is 3. The fourth-order valence-corrected chi connectivity index (χ4v) is 3.59. The molecule has 0 fully saturated rings. The van der Waals surface area contributed by atoms with Crippen LogP contribution in [0, 0.1) is 6.92 Å². The van der Waals surface area contributed by atoms with Crippen molar-refractivity contribution in [3.63, 3.8) is 0 Å². The number of fused-ring (bicyclic) bond motifs is 2. The zero-order chi connectivity index (χ0) is 18.5. The van der Waals surface area contributed by atoms with E-state index in [1.165, 1.54) is 23.0 Å². The second-order valence-electron chi connectivity index (χ2n) is 6.51. The summed E-state index contributed by atoms with van der Waals surface area (Å²) in [5.41, 5.74) is 5.10. The summed E-state index contributed by atoms with van der Waals surface area (Å²) in [4.78, 5) is 33.4. The van der Waals surface area contributed by atoms with Gasteiger partial charge in [0.2, 0.25) is 0 Å². The number of nitrogens with zero attached hydrogens (tertiary/aromatic N) is 3. The molecule has 0 saturated heterocycles. The van der Waals surface area contributed by atoms with Crippen LogP contribution in [0.3, 0.4) is 0 Å². The number of halogens is 1. The minimum Gasteiger partial charge on any atom is -0.384 e. The van der Waals surface area contributed by atoms with E-state index < -0.39 is 11.2 Å². The van der Waals surface area contributed by atoms with Crippen LogP contribution in [0.2, 0.25) is 0 Å². The number of pyridine rings is 1. The molecule has 1 atom stereocenters. The van der Waals surface area contributed by atoms with Gasteiger partial charge in [-0.1, -0.05) is 0 Å². The van der Waals surface area contributed by atoms with E-state index in [1.54, 1.807) is 13.0 Å². The number of aryl methyl sites for hydroxylation is 1. The minimum absolute atomic E-state index is 0.222. The Morgan fingerprint density at radius 3 is 2.88 bits per heavy atom. The van der Waals surface area contributed by atoms with Gasteiger partial charge in [0.15, 0.2) is 0 Å². The van der Waals surface area contributed by atoms with Gasteiger partial charge in [0, 0.05) is 6.07 Å². The Labute approximate surface area is 148 Å². The summed E-state index contributed by atoms with van der Waals surface area (Å²) in [6.45, 7) is 1.73. The zero-order valence-corrected chi connectivity index (χ0v) is 14.0. The van der Waals surface area contributed by atoms with Crippen LogP contribution in [0.25, 0.3) is 0 Å². The van der Waals surface area contributed by atoms with Crippen molar-refractivity contribution in [2.45, 2.75) is 31.8 Å². The molecule has 3 heterocycles. The van der Waals surface area contributed by atoms with Gasteiger partial charge < -0.3 is 16.4 Å². The van der Waals surface area contributed by atoms with Crippen LogP contribution < -0.4 is 21.9 Å². The van der Waals surface area contributed by atoms with E-state index in [4.69, 9.17) is 5.73 Å². The second kappa shape index (κ2) is 5.65. The van der Waals surface area contributed by atoms with Crippen molar-refractivity contribution in [3.05, 3.63) is 52.0 Å². The Balaban J connectivity index is 1.89.